The van der Waals surface area contributed by atoms with E-state index in [0.29, 0.717) is 19.5 Å². The van der Waals surface area contributed by atoms with Crippen LogP contribution in [0.15, 0.2) is 18.2 Å². The lowest BCUT2D eigenvalue weighted by Crippen LogP contribution is -2.33. The first kappa shape index (κ1) is 15.2. The van der Waals surface area contributed by atoms with Crippen LogP contribution >= 0.6 is 0 Å². The standard InChI is InChI=1S/C14H16F2N2O3/c15-10-5-11(16)7-12(6-10)17-14(21)18-4-3-9(8-18)1-2-13(19)20/h5-7,9H,1-4,8H2,(H,17,21)(H,19,20). The second kappa shape index (κ2) is 6.51. The number of amides is 2. The summed E-state index contributed by atoms with van der Waals surface area (Å²) in [6.45, 7) is 0.963. The Labute approximate surface area is 120 Å². The van der Waals surface area contributed by atoms with Gasteiger partial charge in [0.25, 0.3) is 0 Å². The van der Waals surface area contributed by atoms with E-state index in [9.17, 15) is 18.4 Å². The van der Waals surface area contributed by atoms with Gasteiger partial charge in [-0.25, -0.2) is 13.6 Å². The zero-order chi connectivity index (χ0) is 15.4. The van der Waals surface area contributed by atoms with Gasteiger partial charge in [0.1, 0.15) is 11.6 Å². The number of halogens is 2. The molecule has 1 aromatic rings. The minimum atomic E-state index is -0.854. The van der Waals surface area contributed by atoms with Crippen molar-refractivity contribution in [2.24, 2.45) is 5.92 Å². The lowest BCUT2D eigenvalue weighted by molar-refractivity contribution is -0.137. The molecular weight excluding hydrogens is 282 g/mol. The molecule has 0 aliphatic carbocycles. The number of benzene rings is 1. The predicted octanol–water partition coefficient (Wildman–Crippen LogP) is 2.68. The number of nitrogens with zero attached hydrogens (tertiary/aromatic N) is 1. The van der Waals surface area contributed by atoms with E-state index in [1.165, 1.54) is 4.90 Å². The highest BCUT2D eigenvalue weighted by atomic mass is 19.1. The van der Waals surface area contributed by atoms with Gasteiger partial charge in [0, 0.05) is 31.3 Å². The van der Waals surface area contributed by atoms with Crippen molar-refractivity contribution in [2.75, 3.05) is 18.4 Å². The van der Waals surface area contributed by atoms with Crippen molar-refractivity contribution in [3.05, 3.63) is 29.8 Å². The maximum atomic E-state index is 13.0. The van der Waals surface area contributed by atoms with Crippen molar-refractivity contribution < 1.29 is 23.5 Å². The summed E-state index contributed by atoms with van der Waals surface area (Å²) in [5, 5.41) is 11.1. The molecule has 1 atom stereocenters. The van der Waals surface area contributed by atoms with E-state index in [2.05, 4.69) is 5.32 Å². The van der Waals surface area contributed by atoms with Crippen molar-refractivity contribution in [1.29, 1.82) is 0 Å². The molecule has 1 aromatic carbocycles. The Bertz CT molecular complexity index is 531. The average molecular weight is 298 g/mol. The van der Waals surface area contributed by atoms with Crippen LogP contribution in [-0.4, -0.2) is 35.1 Å². The number of carbonyl (C=O) groups excluding carboxylic acids is 1. The van der Waals surface area contributed by atoms with Gasteiger partial charge in [-0.2, -0.15) is 0 Å². The molecule has 0 spiro atoms. The van der Waals surface area contributed by atoms with Crippen molar-refractivity contribution in [1.82, 2.24) is 4.90 Å². The van der Waals surface area contributed by atoms with E-state index >= 15 is 0 Å². The van der Waals surface area contributed by atoms with E-state index in [1.807, 2.05) is 0 Å². The highest BCUT2D eigenvalue weighted by Gasteiger charge is 2.26. The number of carboxylic acids is 1. The van der Waals surface area contributed by atoms with Crippen LogP contribution in [0.5, 0.6) is 0 Å². The van der Waals surface area contributed by atoms with Crippen LogP contribution < -0.4 is 5.32 Å². The Morgan fingerprint density at radius 1 is 1.29 bits per heavy atom. The smallest absolute Gasteiger partial charge is 0.321 e. The summed E-state index contributed by atoms with van der Waals surface area (Å²) < 4.78 is 26.1. The first-order valence-electron chi connectivity index (χ1n) is 6.68. The van der Waals surface area contributed by atoms with Crippen LogP contribution in [0.3, 0.4) is 0 Å². The van der Waals surface area contributed by atoms with Gasteiger partial charge in [0.15, 0.2) is 0 Å². The van der Waals surface area contributed by atoms with E-state index in [4.69, 9.17) is 5.11 Å². The molecule has 114 valence electrons. The monoisotopic (exact) mass is 298 g/mol. The Morgan fingerprint density at radius 3 is 2.57 bits per heavy atom. The molecule has 1 fully saturated rings. The number of likely N-dealkylation sites (tertiary alicyclic amines) is 1. The van der Waals surface area contributed by atoms with E-state index in [0.717, 1.165) is 24.6 Å². The maximum absolute atomic E-state index is 13.0. The van der Waals surface area contributed by atoms with Crippen LogP contribution in [0.4, 0.5) is 19.3 Å². The molecule has 0 saturated carbocycles. The molecule has 1 saturated heterocycles. The highest BCUT2D eigenvalue weighted by molar-refractivity contribution is 5.89. The zero-order valence-corrected chi connectivity index (χ0v) is 11.3. The molecule has 2 N–H and O–H groups in total. The molecule has 2 rings (SSSR count). The molecule has 1 aliphatic rings. The Morgan fingerprint density at radius 2 is 1.95 bits per heavy atom. The Hall–Kier alpha value is -2.18. The molecule has 1 heterocycles. The van der Waals surface area contributed by atoms with Crippen LogP contribution in [-0.2, 0) is 4.79 Å². The minimum absolute atomic E-state index is 0.0616. The number of hydrogen-bond donors (Lipinski definition) is 2. The third-order valence-electron chi connectivity index (χ3n) is 3.45. The first-order chi connectivity index (χ1) is 9.94. The summed E-state index contributed by atoms with van der Waals surface area (Å²) in [5.41, 5.74) is 0.0616. The van der Waals surface area contributed by atoms with Gasteiger partial charge >= 0.3 is 12.0 Å². The number of carboxylic acid groups (broad SMARTS) is 1. The molecule has 1 aliphatic heterocycles. The summed E-state index contributed by atoms with van der Waals surface area (Å²) in [4.78, 5) is 24.0. The largest absolute Gasteiger partial charge is 0.481 e. The topological polar surface area (TPSA) is 69.6 Å². The average Bonchev–Trinajstić information content (AvgIpc) is 2.83. The number of rotatable bonds is 4. The molecule has 5 nitrogen and oxygen atoms in total. The summed E-state index contributed by atoms with van der Waals surface area (Å²) in [5.74, 6) is -2.22. The molecule has 0 aromatic heterocycles. The third kappa shape index (κ3) is 4.40. The fourth-order valence-electron chi connectivity index (χ4n) is 2.41. The van der Waals surface area contributed by atoms with Gasteiger partial charge in [0.05, 0.1) is 0 Å². The van der Waals surface area contributed by atoms with Gasteiger partial charge in [-0.3, -0.25) is 4.79 Å². The second-order valence-corrected chi connectivity index (χ2v) is 5.12. The van der Waals surface area contributed by atoms with E-state index in [1.54, 1.807) is 0 Å². The van der Waals surface area contributed by atoms with Crippen LogP contribution in [0.2, 0.25) is 0 Å². The summed E-state index contributed by atoms with van der Waals surface area (Å²) in [6.07, 6.45) is 1.33. The predicted molar refractivity (Wildman–Crippen MR) is 71.9 cm³/mol. The number of aliphatic carboxylic acids is 1. The first-order valence-corrected chi connectivity index (χ1v) is 6.68. The van der Waals surface area contributed by atoms with Gasteiger partial charge in [-0.1, -0.05) is 0 Å². The Balaban J connectivity index is 1.88. The fraction of sp³-hybridized carbons (Fsp3) is 0.429. The normalized spacial score (nSPS) is 17.8. The number of urea groups is 1. The number of carbonyl (C=O) groups is 2. The van der Waals surface area contributed by atoms with Crippen molar-refractivity contribution in [2.45, 2.75) is 19.3 Å². The van der Waals surface area contributed by atoms with E-state index in [-0.39, 0.29) is 18.0 Å². The van der Waals surface area contributed by atoms with Crippen LogP contribution in [0.1, 0.15) is 19.3 Å². The summed E-state index contributed by atoms with van der Waals surface area (Å²) >= 11 is 0. The van der Waals surface area contributed by atoms with Crippen molar-refractivity contribution in [3.8, 4) is 0 Å². The van der Waals surface area contributed by atoms with Gasteiger partial charge in [-0.05, 0) is 30.9 Å². The third-order valence-corrected chi connectivity index (χ3v) is 3.45. The second-order valence-electron chi connectivity index (χ2n) is 5.12. The highest BCUT2D eigenvalue weighted by Crippen LogP contribution is 2.22. The number of anilines is 1. The quantitative estimate of drug-likeness (QED) is 0.898. The molecule has 21 heavy (non-hydrogen) atoms. The van der Waals surface area contributed by atoms with Crippen LogP contribution in [0, 0.1) is 17.6 Å². The number of hydrogen-bond acceptors (Lipinski definition) is 2. The van der Waals surface area contributed by atoms with Crippen LogP contribution in [0.25, 0.3) is 0 Å². The molecule has 0 bridgehead atoms. The molecule has 1 unspecified atom stereocenters. The summed E-state index contributed by atoms with van der Waals surface area (Å²) in [6, 6.07) is 2.38. The molecule has 0 radical (unpaired) electrons. The Kier molecular flexibility index (Phi) is 4.72. The molecule has 7 heteroatoms. The van der Waals surface area contributed by atoms with Gasteiger partial charge < -0.3 is 15.3 Å². The van der Waals surface area contributed by atoms with Crippen molar-refractivity contribution >= 4 is 17.7 Å². The van der Waals surface area contributed by atoms with Gasteiger partial charge in [0.2, 0.25) is 0 Å². The molecular formula is C14H16F2N2O3. The lowest BCUT2D eigenvalue weighted by atomic mass is 10.0. The van der Waals surface area contributed by atoms with Gasteiger partial charge in [-0.15, -0.1) is 0 Å². The zero-order valence-electron chi connectivity index (χ0n) is 11.3. The summed E-state index contributed by atoms with van der Waals surface area (Å²) in [7, 11) is 0. The SMILES string of the molecule is O=C(O)CCC1CCN(C(=O)Nc2cc(F)cc(F)c2)C1. The maximum Gasteiger partial charge on any atom is 0.321 e. The number of nitrogens with one attached hydrogen (secondary N) is 1. The lowest BCUT2D eigenvalue weighted by Gasteiger charge is -2.17. The molecule has 2 amide bonds. The van der Waals surface area contributed by atoms with E-state index < -0.39 is 23.6 Å². The fourth-order valence-corrected chi connectivity index (χ4v) is 2.41. The van der Waals surface area contributed by atoms with Crippen molar-refractivity contribution in [3.63, 3.8) is 0 Å². The minimum Gasteiger partial charge on any atom is -0.481 e.